The fraction of sp³-hybridized carbons (Fsp3) is 0.765. The molecular weight excluding hydrogens is 248 g/mol. The van der Waals surface area contributed by atoms with Gasteiger partial charge in [0.15, 0.2) is 0 Å². The first kappa shape index (κ1) is 14.2. The standard InChI is InChI=1S/C17H28N2O/c1-14-11-15(20-16(14)12-18)13-19-9-7-17(8-10-19)5-3-2-4-6-17/h11H,2-10,12-13,18H2,1H3. The molecule has 0 amide bonds. The number of hydrogen-bond donors (Lipinski definition) is 1. The van der Waals surface area contributed by atoms with E-state index in [0.717, 1.165) is 18.1 Å². The van der Waals surface area contributed by atoms with E-state index in [1.165, 1.54) is 63.6 Å². The molecule has 1 aromatic rings. The van der Waals surface area contributed by atoms with Crippen LogP contribution in [0, 0.1) is 12.3 Å². The number of rotatable bonds is 3. The monoisotopic (exact) mass is 276 g/mol. The molecule has 1 aliphatic carbocycles. The molecule has 1 saturated heterocycles. The van der Waals surface area contributed by atoms with Gasteiger partial charge in [0, 0.05) is 0 Å². The minimum absolute atomic E-state index is 0.509. The van der Waals surface area contributed by atoms with E-state index in [0.29, 0.717) is 12.0 Å². The van der Waals surface area contributed by atoms with Crippen molar-refractivity contribution in [2.75, 3.05) is 13.1 Å². The van der Waals surface area contributed by atoms with Crippen LogP contribution in [-0.2, 0) is 13.1 Å². The Hall–Kier alpha value is -0.800. The van der Waals surface area contributed by atoms with Gasteiger partial charge in [0.25, 0.3) is 0 Å². The van der Waals surface area contributed by atoms with E-state index in [-0.39, 0.29) is 0 Å². The molecule has 1 aliphatic heterocycles. The largest absolute Gasteiger partial charge is 0.463 e. The third-order valence-electron chi connectivity index (χ3n) is 5.47. The average Bonchev–Trinajstić information content (AvgIpc) is 2.83. The molecule has 0 unspecified atom stereocenters. The highest BCUT2D eigenvalue weighted by atomic mass is 16.3. The Morgan fingerprint density at radius 2 is 1.85 bits per heavy atom. The van der Waals surface area contributed by atoms with Crippen molar-refractivity contribution in [1.29, 1.82) is 0 Å². The van der Waals surface area contributed by atoms with Gasteiger partial charge in [-0.3, -0.25) is 4.90 Å². The third kappa shape index (κ3) is 2.94. The smallest absolute Gasteiger partial charge is 0.120 e. The van der Waals surface area contributed by atoms with E-state index in [4.69, 9.17) is 10.2 Å². The molecule has 1 saturated carbocycles. The van der Waals surface area contributed by atoms with Crippen LogP contribution in [0.2, 0.25) is 0 Å². The second kappa shape index (κ2) is 5.90. The molecule has 3 nitrogen and oxygen atoms in total. The predicted molar refractivity (Wildman–Crippen MR) is 81.4 cm³/mol. The Bertz CT molecular complexity index is 436. The summed E-state index contributed by atoms with van der Waals surface area (Å²) in [4.78, 5) is 2.55. The fourth-order valence-electron chi connectivity index (χ4n) is 4.08. The molecule has 2 heterocycles. The first-order valence-electron chi connectivity index (χ1n) is 8.21. The summed E-state index contributed by atoms with van der Waals surface area (Å²) in [5.74, 6) is 2.03. The molecule has 3 rings (SSSR count). The number of likely N-dealkylation sites (tertiary alicyclic amines) is 1. The number of hydrogen-bond acceptors (Lipinski definition) is 3. The van der Waals surface area contributed by atoms with Crippen molar-refractivity contribution in [3.63, 3.8) is 0 Å². The number of piperidine rings is 1. The highest BCUT2D eigenvalue weighted by Gasteiger charge is 2.35. The number of nitrogens with two attached hydrogens (primary N) is 1. The fourth-order valence-corrected chi connectivity index (χ4v) is 4.08. The molecule has 0 aromatic carbocycles. The second-order valence-corrected chi connectivity index (χ2v) is 6.86. The minimum atomic E-state index is 0.509. The lowest BCUT2D eigenvalue weighted by Gasteiger charge is -2.44. The van der Waals surface area contributed by atoms with E-state index in [1.807, 2.05) is 0 Å². The molecule has 1 aromatic heterocycles. The maximum absolute atomic E-state index is 5.84. The van der Waals surface area contributed by atoms with Crippen LogP contribution in [-0.4, -0.2) is 18.0 Å². The van der Waals surface area contributed by atoms with Crippen LogP contribution >= 0.6 is 0 Å². The Balaban J connectivity index is 1.55. The molecule has 1 spiro atoms. The van der Waals surface area contributed by atoms with Crippen LogP contribution in [0.5, 0.6) is 0 Å². The van der Waals surface area contributed by atoms with Crippen molar-refractivity contribution in [3.05, 3.63) is 23.2 Å². The van der Waals surface area contributed by atoms with E-state index in [9.17, 15) is 0 Å². The van der Waals surface area contributed by atoms with Gasteiger partial charge in [-0.05, 0) is 62.7 Å². The van der Waals surface area contributed by atoms with Crippen LogP contribution < -0.4 is 5.73 Å². The van der Waals surface area contributed by atoms with Crippen molar-refractivity contribution in [3.8, 4) is 0 Å². The van der Waals surface area contributed by atoms with Crippen LogP contribution in [0.4, 0.5) is 0 Å². The quantitative estimate of drug-likeness (QED) is 0.917. The van der Waals surface area contributed by atoms with Gasteiger partial charge in [0.05, 0.1) is 13.1 Å². The summed E-state index contributed by atoms with van der Waals surface area (Å²) in [7, 11) is 0. The predicted octanol–water partition coefficient (Wildman–Crippen LogP) is 3.59. The second-order valence-electron chi connectivity index (χ2n) is 6.86. The van der Waals surface area contributed by atoms with Crippen molar-refractivity contribution in [1.82, 2.24) is 4.90 Å². The summed E-state index contributed by atoms with van der Waals surface area (Å²) in [5, 5.41) is 0. The number of furan rings is 1. The maximum atomic E-state index is 5.84. The maximum Gasteiger partial charge on any atom is 0.120 e. The van der Waals surface area contributed by atoms with Gasteiger partial charge in [-0.15, -0.1) is 0 Å². The average molecular weight is 276 g/mol. The van der Waals surface area contributed by atoms with Crippen molar-refractivity contribution in [2.45, 2.75) is 65.0 Å². The summed E-state index contributed by atoms with van der Waals surface area (Å²) >= 11 is 0. The third-order valence-corrected chi connectivity index (χ3v) is 5.47. The van der Waals surface area contributed by atoms with Gasteiger partial charge < -0.3 is 10.2 Å². The Morgan fingerprint density at radius 1 is 1.15 bits per heavy atom. The minimum Gasteiger partial charge on any atom is -0.463 e. The lowest BCUT2D eigenvalue weighted by atomic mass is 9.68. The molecule has 0 radical (unpaired) electrons. The van der Waals surface area contributed by atoms with Crippen LogP contribution in [0.1, 0.15) is 62.0 Å². The van der Waals surface area contributed by atoms with E-state index >= 15 is 0 Å². The summed E-state index contributed by atoms with van der Waals surface area (Å²) in [6.45, 7) is 6.02. The molecule has 2 aliphatic rings. The molecule has 112 valence electrons. The molecule has 3 heteroatoms. The normalized spacial score (nSPS) is 23.3. The molecular formula is C17H28N2O. The summed E-state index contributed by atoms with van der Waals surface area (Å²) < 4.78 is 5.84. The Morgan fingerprint density at radius 3 is 2.45 bits per heavy atom. The number of aryl methyl sites for hydroxylation is 1. The zero-order valence-electron chi connectivity index (χ0n) is 12.8. The summed E-state index contributed by atoms with van der Waals surface area (Å²) in [6, 6.07) is 2.16. The van der Waals surface area contributed by atoms with Gasteiger partial charge in [-0.25, -0.2) is 0 Å². The zero-order chi connectivity index (χ0) is 14.0. The lowest BCUT2D eigenvalue weighted by Crippen LogP contribution is -2.40. The van der Waals surface area contributed by atoms with Gasteiger partial charge in [-0.1, -0.05) is 19.3 Å². The zero-order valence-corrected chi connectivity index (χ0v) is 12.8. The Kier molecular flexibility index (Phi) is 4.18. The van der Waals surface area contributed by atoms with Crippen LogP contribution in [0.3, 0.4) is 0 Å². The van der Waals surface area contributed by atoms with Gasteiger partial charge in [0.2, 0.25) is 0 Å². The van der Waals surface area contributed by atoms with E-state index in [2.05, 4.69) is 17.9 Å². The molecule has 2 fully saturated rings. The highest BCUT2D eigenvalue weighted by Crippen LogP contribution is 2.44. The molecule has 0 atom stereocenters. The van der Waals surface area contributed by atoms with Crippen LogP contribution in [0.25, 0.3) is 0 Å². The van der Waals surface area contributed by atoms with E-state index < -0.39 is 0 Å². The van der Waals surface area contributed by atoms with Gasteiger partial charge in [-0.2, -0.15) is 0 Å². The lowest BCUT2D eigenvalue weighted by molar-refractivity contribution is 0.0606. The molecule has 20 heavy (non-hydrogen) atoms. The topological polar surface area (TPSA) is 42.4 Å². The first-order valence-corrected chi connectivity index (χ1v) is 8.21. The van der Waals surface area contributed by atoms with Gasteiger partial charge >= 0.3 is 0 Å². The SMILES string of the molecule is Cc1cc(CN2CCC3(CCCCC3)CC2)oc1CN. The molecule has 2 N–H and O–H groups in total. The Labute approximate surface area is 122 Å². The number of nitrogens with zero attached hydrogens (tertiary/aromatic N) is 1. The first-order chi connectivity index (χ1) is 9.71. The summed E-state index contributed by atoms with van der Waals surface area (Å²) in [5.41, 5.74) is 7.57. The van der Waals surface area contributed by atoms with Crippen molar-refractivity contribution >= 4 is 0 Å². The summed E-state index contributed by atoms with van der Waals surface area (Å²) in [6.07, 6.45) is 10.1. The van der Waals surface area contributed by atoms with Crippen molar-refractivity contribution in [2.24, 2.45) is 11.1 Å². The molecule has 0 bridgehead atoms. The van der Waals surface area contributed by atoms with Crippen LogP contribution in [0.15, 0.2) is 10.5 Å². The van der Waals surface area contributed by atoms with E-state index in [1.54, 1.807) is 0 Å². The van der Waals surface area contributed by atoms with Gasteiger partial charge in [0.1, 0.15) is 11.5 Å². The highest BCUT2D eigenvalue weighted by molar-refractivity contribution is 5.19. The van der Waals surface area contributed by atoms with Crippen molar-refractivity contribution < 1.29 is 4.42 Å².